The number of likely N-dealkylation sites (tertiary alicyclic amines) is 1. The molecule has 3 aliphatic heterocycles. The first kappa shape index (κ1) is 23.4. The quantitative estimate of drug-likeness (QED) is 0.383. The molecule has 0 aliphatic carbocycles. The second-order valence-electron chi connectivity index (χ2n) is 10.7. The number of rotatable bonds is 5. The Bertz CT molecular complexity index is 1560. The molecule has 0 spiro atoms. The minimum absolute atomic E-state index is 0.345. The molecule has 2 saturated heterocycles. The standard InChI is InChI=1S/C31H31N3O4/c35-30-27(24-6-3-4-21-12-17-38-29(21)24)28(31(36)32-30)25-19-34(26-7-2-1-5-23(25)26)22-8-13-33(14-9-22)18-20-10-15-37-16-11-20/h1-7,12,17,19-20,22H,8-11,13-16,18H2,(H,32,35,36). The Labute approximate surface area is 221 Å². The Balaban J connectivity index is 1.25. The van der Waals surface area contributed by atoms with Crippen LogP contribution in [0.4, 0.5) is 0 Å². The van der Waals surface area contributed by atoms with Crippen LogP contribution in [0.5, 0.6) is 0 Å². The number of hydrogen-bond acceptors (Lipinski definition) is 5. The molecule has 0 atom stereocenters. The minimum atomic E-state index is -0.382. The van der Waals surface area contributed by atoms with E-state index in [0.29, 0.717) is 28.3 Å². The van der Waals surface area contributed by atoms with Crippen molar-refractivity contribution < 1.29 is 18.7 Å². The van der Waals surface area contributed by atoms with E-state index in [4.69, 9.17) is 9.15 Å². The fraction of sp³-hybridized carbons (Fsp3) is 0.355. The second-order valence-corrected chi connectivity index (χ2v) is 10.7. The lowest BCUT2D eigenvalue weighted by molar-refractivity contribution is -0.122. The average molecular weight is 510 g/mol. The average Bonchev–Trinajstić information content (AvgIpc) is 3.65. The van der Waals surface area contributed by atoms with Crippen molar-refractivity contribution >= 4 is 44.8 Å². The van der Waals surface area contributed by atoms with Crippen molar-refractivity contribution in [1.82, 2.24) is 14.8 Å². The van der Waals surface area contributed by atoms with Gasteiger partial charge in [0.05, 0.1) is 17.4 Å². The molecule has 2 fully saturated rings. The van der Waals surface area contributed by atoms with Crippen molar-refractivity contribution in [3.8, 4) is 0 Å². The fourth-order valence-corrected chi connectivity index (χ4v) is 6.54. The Morgan fingerprint density at radius 3 is 2.42 bits per heavy atom. The van der Waals surface area contributed by atoms with Gasteiger partial charge in [-0.2, -0.15) is 0 Å². The molecule has 7 heteroatoms. The van der Waals surface area contributed by atoms with Gasteiger partial charge in [0, 0.05) is 72.5 Å². The van der Waals surface area contributed by atoms with E-state index in [1.54, 1.807) is 6.26 Å². The molecule has 7 rings (SSSR count). The Hall–Kier alpha value is -3.68. The Morgan fingerprint density at radius 1 is 0.842 bits per heavy atom. The van der Waals surface area contributed by atoms with E-state index in [1.807, 2.05) is 36.4 Å². The number of imide groups is 1. The van der Waals surface area contributed by atoms with Crippen LogP contribution in [0.25, 0.3) is 33.0 Å². The maximum Gasteiger partial charge on any atom is 0.259 e. The third-order valence-corrected chi connectivity index (χ3v) is 8.50. The van der Waals surface area contributed by atoms with Crippen LogP contribution in [0.3, 0.4) is 0 Å². The topological polar surface area (TPSA) is 76.7 Å². The largest absolute Gasteiger partial charge is 0.464 e. The molecular weight excluding hydrogens is 478 g/mol. The van der Waals surface area contributed by atoms with Gasteiger partial charge in [-0.05, 0) is 43.7 Å². The van der Waals surface area contributed by atoms with Gasteiger partial charge in [0.1, 0.15) is 5.58 Å². The number of benzene rings is 2. The van der Waals surface area contributed by atoms with Crippen molar-refractivity contribution in [2.24, 2.45) is 5.92 Å². The highest BCUT2D eigenvalue weighted by atomic mass is 16.5. The molecule has 5 heterocycles. The summed E-state index contributed by atoms with van der Waals surface area (Å²) in [6.45, 7) is 5.07. The number of aromatic nitrogens is 1. The molecule has 7 nitrogen and oxygen atoms in total. The zero-order chi connectivity index (χ0) is 25.6. The van der Waals surface area contributed by atoms with Gasteiger partial charge in [0.2, 0.25) is 0 Å². The molecule has 0 radical (unpaired) electrons. The molecule has 2 amide bonds. The highest BCUT2D eigenvalue weighted by Gasteiger charge is 2.36. The number of nitrogens with one attached hydrogen (secondary N) is 1. The smallest absolute Gasteiger partial charge is 0.259 e. The fourth-order valence-electron chi connectivity index (χ4n) is 6.54. The van der Waals surface area contributed by atoms with Crippen LogP contribution < -0.4 is 5.32 Å². The SMILES string of the molecule is O=C1NC(=O)C(c2cccc3ccoc23)=C1c1cn(C2CCN(CC3CCOCC3)CC2)c2ccccc12. The zero-order valence-electron chi connectivity index (χ0n) is 21.3. The first-order valence-corrected chi connectivity index (χ1v) is 13.6. The van der Waals surface area contributed by atoms with E-state index in [9.17, 15) is 9.59 Å². The van der Waals surface area contributed by atoms with Crippen LogP contribution in [0, 0.1) is 5.92 Å². The number of ether oxygens (including phenoxy) is 1. The summed E-state index contributed by atoms with van der Waals surface area (Å²) < 4.78 is 13.6. The Morgan fingerprint density at radius 2 is 1.61 bits per heavy atom. The van der Waals surface area contributed by atoms with Gasteiger partial charge >= 0.3 is 0 Å². The molecule has 38 heavy (non-hydrogen) atoms. The molecule has 0 saturated carbocycles. The molecule has 2 aromatic heterocycles. The summed E-state index contributed by atoms with van der Waals surface area (Å²) in [6.07, 6.45) is 8.15. The maximum absolute atomic E-state index is 13.3. The van der Waals surface area contributed by atoms with Crippen LogP contribution in [0.15, 0.2) is 65.4 Å². The number of nitrogens with zero attached hydrogens (tertiary/aromatic N) is 2. The third-order valence-electron chi connectivity index (χ3n) is 8.50. The van der Waals surface area contributed by atoms with Crippen molar-refractivity contribution in [2.75, 3.05) is 32.8 Å². The highest BCUT2D eigenvalue weighted by molar-refractivity contribution is 6.50. The number of amides is 2. The summed E-state index contributed by atoms with van der Waals surface area (Å²) >= 11 is 0. The Kier molecular flexibility index (Phi) is 5.90. The van der Waals surface area contributed by atoms with Crippen molar-refractivity contribution in [2.45, 2.75) is 31.7 Å². The van der Waals surface area contributed by atoms with E-state index in [-0.39, 0.29) is 11.8 Å². The number of hydrogen-bond donors (Lipinski definition) is 1. The van der Waals surface area contributed by atoms with E-state index < -0.39 is 0 Å². The van der Waals surface area contributed by atoms with Gasteiger partial charge < -0.3 is 18.6 Å². The van der Waals surface area contributed by atoms with E-state index in [2.05, 4.69) is 33.1 Å². The molecule has 1 N–H and O–H groups in total. The van der Waals surface area contributed by atoms with Crippen molar-refractivity contribution in [3.05, 3.63) is 72.1 Å². The molecule has 0 unspecified atom stereocenters. The lowest BCUT2D eigenvalue weighted by Gasteiger charge is -2.36. The van der Waals surface area contributed by atoms with Crippen molar-refractivity contribution in [1.29, 1.82) is 0 Å². The van der Waals surface area contributed by atoms with Gasteiger partial charge in [-0.25, -0.2) is 0 Å². The van der Waals surface area contributed by atoms with Crippen LogP contribution >= 0.6 is 0 Å². The monoisotopic (exact) mass is 509 g/mol. The first-order chi connectivity index (χ1) is 18.7. The molecule has 0 bridgehead atoms. The van der Waals surface area contributed by atoms with Gasteiger partial charge in [-0.15, -0.1) is 0 Å². The molecule has 3 aliphatic rings. The summed E-state index contributed by atoms with van der Waals surface area (Å²) in [4.78, 5) is 29.0. The maximum atomic E-state index is 13.3. The van der Waals surface area contributed by atoms with Crippen molar-refractivity contribution in [3.63, 3.8) is 0 Å². The van der Waals surface area contributed by atoms with Crippen LogP contribution in [0.1, 0.15) is 42.9 Å². The van der Waals surface area contributed by atoms with Crippen LogP contribution in [-0.4, -0.2) is 54.1 Å². The van der Waals surface area contributed by atoms with Gasteiger partial charge in [-0.3, -0.25) is 14.9 Å². The van der Waals surface area contributed by atoms with Gasteiger partial charge in [0.15, 0.2) is 0 Å². The lowest BCUT2D eigenvalue weighted by atomic mass is 9.95. The number of furan rings is 1. The molecule has 4 aromatic rings. The van der Waals surface area contributed by atoms with E-state index in [1.165, 1.54) is 0 Å². The predicted octanol–water partition coefficient (Wildman–Crippen LogP) is 5.02. The number of para-hydroxylation sites is 2. The summed E-state index contributed by atoms with van der Waals surface area (Å²) in [6, 6.07) is 16.1. The number of piperidine rings is 1. The lowest BCUT2D eigenvalue weighted by Crippen LogP contribution is -2.38. The third kappa shape index (κ3) is 3.97. The first-order valence-electron chi connectivity index (χ1n) is 13.6. The number of carbonyl (C=O) groups is 2. The number of carbonyl (C=O) groups excluding carboxylic acids is 2. The molecule has 194 valence electrons. The highest BCUT2D eigenvalue weighted by Crippen LogP contribution is 2.40. The van der Waals surface area contributed by atoms with E-state index >= 15 is 0 Å². The molecule has 2 aromatic carbocycles. The van der Waals surface area contributed by atoms with E-state index in [0.717, 1.165) is 86.3 Å². The predicted molar refractivity (Wildman–Crippen MR) is 146 cm³/mol. The summed E-state index contributed by atoms with van der Waals surface area (Å²) in [5, 5.41) is 4.44. The normalized spacial score (nSPS) is 20.2. The van der Waals surface area contributed by atoms with Crippen LogP contribution in [0.2, 0.25) is 0 Å². The second kappa shape index (κ2) is 9.57. The number of fused-ring (bicyclic) bond motifs is 2. The van der Waals surface area contributed by atoms with Gasteiger partial charge in [0.25, 0.3) is 11.8 Å². The zero-order valence-corrected chi connectivity index (χ0v) is 21.3. The summed E-state index contributed by atoms with van der Waals surface area (Å²) in [5.41, 5.74) is 3.96. The van der Waals surface area contributed by atoms with Gasteiger partial charge in [-0.1, -0.05) is 36.4 Å². The summed E-state index contributed by atoms with van der Waals surface area (Å²) in [5.74, 6) is -0.00315. The minimum Gasteiger partial charge on any atom is -0.464 e. The van der Waals surface area contributed by atoms with Crippen LogP contribution in [-0.2, 0) is 14.3 Å². The molecular formula is C31H31N3O4. The summed E-state index contributed by atoms with van der Waals surface area (Å²) in [7, 11) is 0.